The minimum Gasteiger partial charge on any atom is -0.462 e. The van der Waals surface area contributed by atoms with Crippen molar-refractivity contribution in [1.82, 2.24) is 0 Å². The zero-order valence-electron chi connectivity index (χ0n) is 62.5. The molecule has 0 radical (unpaired) electrons. The number of ether oxygens (including phenoxy) is 4. The standard InChI is InChI=1S/C79H144O17P2/c1-5-9-13-17-21-25-29-33-36-40-43-47-51-55-59-63-76(81)89-69-74(95-78(83)65-61-57-53-49-45-39-32-28-24-20-16-12-8-4)71-93-97(85,86)91-67-73(80)68-92-98(87,88)94-72-75(96-79(84)66-62-58-54-50-46-42-38-35-31-27-23-19-15-11-7-3)70-90-77(82)64-60-56-52-48-44-41-37-34-30-26-22-18-14-10-6-2/h22,26-28,31-34,36-37,73-75,80H,5-21,23-25,29-30,35,38-72H2,1-4H3,(H,85,86)(H,87,88)/t73?,74-,75-/m1/s1. The highest BCUT2D eigenvalue weighted by molar-refractivity contribution is 7.47. The highest BCUT2D eigenvalue weighted by Gasteiger charge is 2.30. The summed E-state index contributed by atoms with van der Waals surface area (Å²) >= 11 is 0. The maximum Gasteiger partial charge on any atom is 0.472 e. The van der Waals surface area contributed by atoms with Gasteiger partial charge in [-0.1, -0.05) is 262 Å². The van der Waals surface area contributed by atoms with Crippen LogP contribution in [-0.2, 0) is 65.4 Å². The van der Waals surface area contributed by atoms with Crippen molar-refractivity contribution in [2.45, 2.75) is 380 Å². The van der Waals surface area contributed by atoms with E-state index in [1.165, 1.54) is 109 Å². The quantitative estimate of drug-likeness (QED) is 0.0169. The summed E-state index contributed by atoms with van der Waals surface area (Å²) in [5, 5.41) is 10.6. The lowest BCUT2D eigenvalue weighted by molar-refractivity contribution is -0.161. The molecule has 3 N–H and O–H groups in total. The molecule has 0 fully saturated rings. The van der Waals surface area contributed by atoms with Crippen LogP contribution in [0, 0.1) is 0 Å². The van der Waals surface area contributed by atoms with Gasteiger partial charge >= 0.3 is 39.5 Å². The fraction of sp³-hybridized carbons (Fsp3) is 0.823. The number of carbonyl (C=O) groups is 4. The molecule has 98 heavy (non-hydrogen) atoms. The monoisotopic (exact) mass is 1430 g/mol. The van der Waals surface area contributed by atoms with Gasteiger partial charge in [-0.15, -0.1) is 0 Å². The van der Waals surface area contributed by atoms with E-state index in [0.717, 1.165) is 173 Å². The smallest absolute Gasteiger partial charge is 0.462 e. The van der Waals surface area contributed by atoms with Crippen molar-refractivity contribution in [3.8, 4) is 0 Å². The van der Waals surface area contributed by atoms with E-state index in [0.29, 0.717) is 25.7 Å². The lowest BCUT2D eigenvalue weighted by atomic mass is 10.1. The van der Waals surface area contributed by atoms with Crippen LogP contribution in [-0.4, -0.2) is 96.7 Å². The fourth-order valence-corrected chi connectivity index (χ4v) is 12.4. The van der Waals surface area contributed by atoms with Crippen LogP contribution in [0.3, 0.4) is 0 Å². The van der Waals surface area contributed by atoms with Crippen molar-refractivity contribution >= 4 is 39.5 Å². The summed E-state index contributed by atoms with van der Waals surface area (Å²) < 4.78 is 68.5. The molecule has 17 nitrogen and oxygen atoms in total. The van der Waals surface area contributed by atoms with Crippen molar-refractivity contribution in [3.63, 3.8) is 0 Å². The van der Waals surface area contributed by atoms with Gasteiger partial charge in [0, 0.05) is 25.7 Å². The summed E-state index contributed by atoms with van der Waals surface area (Å²) in [5.74, 6) is -2.18. The van der Waals surface area contributed by atoms with Gasteiger partial charge in [-0.25, -0.2) is 9.13 Å². The third-order valence-corrected chi connectivity index (χ3v) is 18.8. The lowest BCUT2D eigenvalue weighted by Crippen LogP contribution is -2.30. The van der Waals surface area contributed by atoms with Crippen molar-refractivity contribution in [3.05, 3.63) is 60.8 Å². The molecule has 0 bridgehead atoms. The highest BCUT2D eigenvalue weighted by atomic mass is 31.2. The number of phosphoric ester groups is 2. The maximum absolute atomic E-state index is 13.1. The van der Waals surface area contributed by atoms with Gasteiger partial charge in [-0.05, 0) is 135 Å². The summed E-state index contributed by atoms with van der Waals surface area (Å²) in [6.07, 6.45) is 70.5. The van der Waals surface area contributed by atoms with Crippen molar-refractivity contribution in [1.29, 1.82) is 0 Å². The molecule has 0 aliphatic rings. The number of aliphatic hydroxyl groups excluding tert-OH is 1. The number of hydrogen-bond acceptors (Lipinski definition) is 15. The molecule has 3 unspecified atom stereocenters. The molecule has 0 saturated carbocycles. The SMILES string of the molecule is CCCCCC=CCC=CCCCCCCCC(=O)OC[C@H](COP(=O)(O)OCC(O)COP(=O)(O)OC[C@@H](COC(=O)CCCCCCCC=CCCCCCCCC)OC(=O)CCCCCCCC=CCCCCCC)OC(=O)CCCCCCCCCC=CCCCCCC. The number of rotatable bonds is 75. The first-order valence-corrected chi connectivity index (χ1v) is 42.5. The van der Waals surface area contributed by atoms with E-state index in [-0.39, 0.29) is 25.7 Å². The van der Waals surface area contributed by atoms with Gasteiger partial charge in [0.2, 0.25) is 0 Å². The van der Waals surface area contributed by atoms with Crippen LogP contribution in [0.4, 0.5) is 0 Å². The summed E-state index contributed by atoms with van der Waals surface area (Å²) in [6, 6.07) is 0. The first kappa shape index (κ1) is 94.8. The van der Waals surface area contributed by atoms with Crippen LogP contribution in [0.2, 0.25) is 0 Å². The predicted molar refractivity (Wildman–Crippen MR) is 400 cm³/mol. The number of hydrogen-bond donors (Lipinski definition) is 3. The molecule has 0 spiro atoms. The van der Waals surface area contributed by atoms with E-state index in [9.17, 15) is 43.2 Å². The van der Waals surface area contributed by atoms with E-state index >= 15 is 0 Å². The Morgan fingerprint density at radius 2 is 0.500 bits per heavy atom. The van der Waals surface area contributed by atoms with Gasteiger partial charge in [-0.2, -0.15) is 0 Å². The first-order valence-electron chi connectivity index (χ1n) is 39.5. The molecule has 572 valence electrons. The van der Waals surface area contributed by atoms with Gasteiger partial charge < -0.3 is 33.8 Å². The second-order valence-electron chi connectivity index (χ2n) is 26.6. The molecule has 0 aliphatic heterocycles. The third-order valence-electron chi connectivity index (χ3n) is 16.9. The van der Waals surface area contributed by atoms with Crippen molar-refractivity contribution < 1.29 is 80.2 Å². The Hall–Kier alpha value is -3.24. The fourth-order valence-electron chi connectivity index (χ4n) is 10.8. The van der Waals surface area contributed by atoms with Crippen molar-refractivity contribution in [2.24, 2.45) is 0 Å². The van der Waals surface area contributed by atoms with Gasteiger partial charge in [0.05, 0.1) is 26.4 Å². The van der Waals surface area contributed by atoms with Crippen molar-refractivity contribution in [2.75, 3.05) is 39.6 Å². The van der Waals surface area contributed by atoms with Crippen LogP contribution in [0.25, 0.3) is 0 Å². The second-order valence-corrected chi connectivity index (χ2v) is 29.5. The zero-order chi connectivity index (χ0) is 71.8. The molecule has 0 saturated heterocycles. The Bertz CT molecular complexity index is 2100. The van der Waals surface area contributed by atoms with Crippen LogP contribution in [0.1, 0.15) is 362 Å². The molecule has 0 aromatic heterocycles. The van der Waals surface area contributed by atoms with E-state index in [1.807, 2.05) is 0 Å². The number of aliphatic hydroxyl groups is 1. The molecule has 0 amide bonds. The molecule has 0 aromatic carbocycles. The normalized spacial score (nSPS) is 14.2. The number of esters is 4. The molecule has 0 heterocycles. The number of phosphoric acid groups is 2. The third kappa shape index (κ3) is 71.2. The lowest BCUT2D eigenvalue weighted by Gasteiger charge is -2.21. The van der Waals surface area contributed by atoms with E-state index in [1.54, 1.807) is 0 Å². The van der Waals surface area contributed by atoms with E-state index < -0.39 is 97.5 Å². The van der Waals surface area contributed by atoms with Gasteiger partial charge in [-0.3, -0.25) is 37.3 Å². The summed E-state index contributed by atoms with van der Waals surface area (Å²) in [4.78, 5) is 72.9. The van der Waals surface area contributed by atoms with Gasteiger partial charge in [0.25, 0.3) is 0 Å². The van der Waals surface area contributed by atoms with E-state index in [2.05, 4.69) is 88.5 Å². The molecule has 5 atom stereocenters. The molecule has 19 heteroatoms. The van der Waals surface area contributed by atoms with E-state index in [4.69, 9.17) is 37.0 Å². The maximum atomic E-state index is 13.1. The highest BCUT2D eigenvalue weighted by Crippen LogP contribution is 2.45. The van der Waals surface area contributed by atoms with Crippen LogP contribution < -0.4 is 0 Å². The first-order chi connectivity index (χ1) is 47.7. The summed E-state index contributed by atoms with van der Waals surface area (Å²) in [7, 11) is -9.94. The largest absolute Gasteiger partial charge is 0.472 e. The summed E-state index contributed by atoms with van der Waals surface area (Å²) in [5.41, 5.74) is 0. The minimum absolute atomic E-state index is 0.0870. The Labute approximate surface area is 597 Å². The zero-order valence-corrected chi connectivity index (χ0v) is 64.3. The molecular weight excluding hydrogens is 1280 g/mol. The average molecular weight is 1430 g/mol. The van der Waals surface area contributed by atoms with Gasteiger partial charge in [0.1, 0.15) is 19.3 Å². The number of allylic oxidation sites excluding steroid dienone is 10. The Morgan fingerprint density at radius 1 is 0.286 bits per heavy atom. The summed E-state index contributed by atoms with van der Waals surface area (Å²) in [6.45, 7) is 4.84. The van der Waals surface area contributed by atoms with Crippen LogP contribution in [0.15, 0.2) is 60.8 Å². The van der Waals surface area contributed by atoms with Gasteiger partial charge in [0.15, 0.2) is 12.2 Å². The average Bonchev–Trinajstić information content (AvgIpc) is 1.04. The number of carbonyl (C=O) groups excluding carboxylic acids is 4. The number of unbranched alkanes of at least 4 members (excludes halogenated alkanes) is 39. The Morgan fingerprint density at radius 3 is 0.796 bits per heavy atom. The topological polar surface area (TPSA) is 237 Å². The Kier molecular flexibility index (Phi) is 69.7. The van der Waals surface area contributed by atoms with Crippen LogP contribution in [0.5, 0.6) is 0 Å². The molecule has 0 aromatic rings. The minimum atomic E-state index is -4.97. The molecule has 0 aliphatic carbocycles. The second kappa shape index (κ2) is 72.1. The molecular formula is C79H144O17P2. The Balaban J connectivity index is 5.34. The van der Waals surface area contributed by atoms with Crippen LogP contribution >= 0.6 is 15.6 Å². The predicted octanol–water partition coefficient (Wildman–Crippen LogP) is 22.7. The molecule has 0 rings (SSSR count).